The maximum absolute atomic E-state index is 13.4. The lowest BCUT2D eigenvalue weighted by Gasteiger charge is -2.29. The van der Waals surface area contributed by atoms with Gasteiger partial charge in [-0.15, -0.1) is 0 Å². The van der Waals surface area contributed by atoms with Crippen LogP contribution in [0.4, 0.5) is 13.2 Å². The predicted octanol–water partition coefficient (Wildman–Crippen LogP) is 4.36. The summed E-state index contributed by atoms with van der Waals surface area (Å²) in [4.78, 5) is 11.8. The van der Waals surface area contributed by atoms with E-state index >= 15 is 0 Å². The first-order valence-corrected chi connectivity index (χ1v) is 8.37. The van der Waals surface area contributed by atoms with E-state index in [4.69, 9.17) is 11.6 Å². The van der Waals surface area contributed by atoms with E-state index in [-0.39, 0.29) is 18.9 Å². The molecule has 1 unspecified atom stereocenters. The third kappa shape index (κ3) is 4.63. The standard InChI is InChI=1S/C17H22ClF3N2O/c1-16(2)11-23(22-15(16)24)14(17(19,20)21)10-6-4-8-12-7-3-5-9-13(12)18/h3,5,7,9,14H,4,6,8,10-11H2,1-2H3,(H,22,24). The van der Waals surface area contributed by atoms with Crippen molar-refractivity contribution in [1.82, 2.24) is 10.4 Å². The largest absolute Gasteiger partial charge is 0.405 e. The van der Waals surface area contributed by atoms with Gasteiger partial charge in [0.15, 0.2) is 0 Å². The molecule has 134 valence electrons. The van der Waals surface area contributed by atoms with E-state index in [1.807, 2.05) is 18.2 Å². The van der Waals surface area contributed by atoms with Crippen molar-refractivity contribution in [3.63, 3.8) is 0 Å². The SMILES string of the molecule is CC1(C)CN(C(CCCCc2ccccc2Cl)C(F)(F)F)NC1=O. The summed E-state index contributed by atoms with van der Waals surface area (Å²) < 4.78 is 40.1. The second-order valence-electron chi connectivity index (χ2n) is 6.85. The molecule has 0 radical (unpaired) electrons. The summed E-state index contributed by atoms with van der Waals surface area (Å²) in [6, 6.07) is 5.68. The number of hydrogen-bond donors (Lipinski definition) is 1. The van der Waals surface area contributed by atoms with E-state index in [0.29, 0.717) is 24.3 Å². The van der Waals surface area contributed by atoms with Crippen LogP contribution in [0.2, 0.25) is 5.02 Å². The van der Waals surface area contributed by atoms with E-state index < -0.39 is 17.6 Å². The summed E-state index contributed by atoms with van der Waals surface area (Å²) in [6.45, 7) is 3.35. The molecule has 0 spiro atoms. The lowest BCUT2D eigenvalue weighted by molar-refractivity contribution is -0.190. The first-order valence-electron chi connectivity index (χ1n) is 7.99. The number of amides is 1. The Kier molecular flexibility index (Phi) is 5.81. The van der Waals surface area contributed by atoms with Crippen LogP contribution in [0.1, 0.15) is 38.7 Å². The van der Waals surface area contributed by atoms with E-state index in [2.05, 4.69) is 5.43 Å². The molecule has 0 aromatic heterocycles. The highest BCUT2D eigenvalue weighted by Crippen LogP contribution is 2.33. The summed E-state index contributed by atoms with van der Waals surface area (Å²) >= 11 is 6.05. The molecule has 1 N–H and O–H groups in total. The molecule has 1 aliphatic heterocycles. The zero-order valence-electron chi connectivity index (χ0n) is 13.8. The molecule has 1 atom stereocenters. The summed E-state index contributed by atoms with van der Waals surface area (Å²) in [5, 5.41) is 1.68. The lowest BCUT2D eigenvalue weighted by atomic mass is 9.94. The molecule has 0 saturated carbocycles. The van der Waals surface area contributed by atoms with Gasteiger partial charge < -0.3 is 0 Å². The Bertz CT molecular complexity index is 589. The number of nitrogens with zero attached hydrogens (tertiary/aromatic N) is 1. The second kappa shape index (κ2) is 7.31. The molecule has 1 aromatic carbocycles. The fourth-order valence-corrected chi connectivity index (χ4v) is 3.09. The monoisotopic (exact) mass is 362 g/mol. The van der Waals surface area contributed by atoms with Crippen LogP contribution in [0.3, 0.4) is 0 Å². The number of hydrogen-bond acceptors (Lipinski definition) is 2. The van der Waals surface area contributed by atoms with Gasteiger partial charge in [-0.3, -0.25) is 10.2 Å². The third-order valence-electron chi connectivity index (χ3n) is 4.31. The number of rotatable bonds is 6. The summed E-state index contributed by atoms with van der Waals surface area (Å²) in [6.07, 6.45) is -2.77. The highest BCUT2D eigenvalue weighted by atomic mass is 35.5. The average molecular weight is 363 g/mol. The molecule has 1 amide bonds. The van der Waals surface area contributed by atoms with Crippen LogP contribution < -0.4 is 5.43 Å². The van der Waals surface area contributed by atoms with Crippen LogP contribution in [-0.4, -0.2) is 29.7 Å². The number of alkyl halides is 3. The van der Waals surface area contributed by atoms with Crippen molar-refractivity contribution in [3.05, 3.63) is 34.9 Å². The van der Waals surface area contributed by atoms with Gasteiger partial charge in [0, 0.05) is 11.6 Å². The van der Waals surface area contributed by atoms with Crippen LogP contribution in [0.15, 0.2) is 24.3 Å². The predicted molar refractivity (Wildman–Crippen MR) is 87.5 cm³/mol. The smallest absolute Gasteiger partial charge is 0.288 e. The fraction of sp³-hybridized carbons (Fsp3) is 0.588. The molecule has 3 nitrogen and oxygen atoms in total. The maximum atomic E-state index is 13.4. The highest BCUT2D eigenvalue weighted by Gasteiger charge is 2.49. The van der Waals surface area contributed by atoms with Crippen LogP contribution in [0.5, 0.6) is 0 Å². The normalized spacial score (nSPS) is 19.3. The molecule has 1 fully saturated rings. The van der Waals surface area contributed by atoms with Crippen molar-refractivity contribution in [3.8, 4) is 0 Å². The number of halogens is 4. The van der Waals surface area contributed by atoms with Crippen LogP contribution in [-0.2, 0) is 11.2 Å². The fourth-order valence-electron chi connectivity index (χ4n) is 2.86. The molecule has 1 aliphatic rings. The van der Waals surface area contributed by atoms with E-state index in [0.717, 1.165) is 10.6 Å². The zero-order valence-corrected chi connectivity index (χ0v) is 14.5. The van der Waals surface area contributed by atoms with Gasteiger partial charge in [0.2, 0.25) is 5.91 Å². The quantitative estimate of drug-likeness (QED) is 0.763. The summed E-state index contributed by atoms with van der Waals surface area (Å²) in [5.41, 5.74) is 2.51. The number of carbonyl (C=O) groups is 1. The van der Waals surface area contributed by atoms with Gasteiger partial charge >= 0.3 is 6.18 Å². The first-order chi connectivity index (χ1) is 11.1. The van der Waals surface area contributed by atoms with Gasteiger partial charge in [-0.2, -0.15) is 13.2 Å². The van der Waals surface area contributed by atoms with Crippen LogP contribution >= 0.6 is 11.6 Å². The van der Waals surface area contributed by atoms with Crippen molar-refractivity contribution in [2.75, 3.05) is 6.54 Å². The minimum Gasteiger partial charge on any atom is -0.288 e. The van der Waals surface area contributed by atoms with Gasteiger partial charge in [-0.05, 0) is 44.7 Å². The molecule has 1 heterocycles. The Balaban J connectivity index is 1.91. The molecule has 1 aromatic rings. The molecule has 1 saturated heterocycles. The van der Waals surface area contributed by atoms with Crippen molar-refractivity contribution in [2.45, 2.75) is 51.7 Å². The third-order valence-corrected chi connectivity index (χ3v) is 4.68. The van der Waals surface area contributed by atoms with Crippen molar-refractivity contribution < 1.29 is 18.0 Å². The number of carbonyl (C=O) groups excluding carboxylic acids is 1. The second-order valence-corrected chi connectivity index (χ2v) is 7.25. The van der Waals surface area contributed by atoms with Gasteiger partial charge in [0.1, 0.15) is 6.04 Å². The van der Waals surface area contributed by atoms with Crippen LogP contribution in [0, 0.1) is 5.41 Å². The Morgan fingerprint density at radius 2 is 1.96 bits per heavy atom. The Morgan fingerprint density at radius 1 is 1.29 bits per heavy atom. The van der Waals surface area contributed by atoms with E-state index in [1.54, 1.807) is 19.9 Å². The minimum atomic E-state index is -4.38. The van der Waals surface area contributed by atoms with Gasteiger partial charge in [-0.1, -0.05) is 36.2 Å². The van der Waals surface area contributed by atoms with E-state index in [9.17, 15) is 18.0 Å². The maximum Gasteiger partial charge on any atom is 0.405 e. The number of hydrazine groups is 1. The number of aryl methyl sites for hydroxylation is 1. The molecule has 7 heteroatoms. The van der Waals surface area contributed by atoms with Crippen LogP contribution in [0.25, 0.3) is 0 Å². The van der Waals surface area contributed by atoms with Crippen molar-refractivity contribution >= 4 is 17.5 Å². The minimum absolute atomic E-state index is 0.0513. The topological polar surface area (TPSA) is 32.3 Å². The summed E-state index contributed by atoms with van der Waals surface area (Å²) in [5.74, 6) is -0.368. The van der Waals surface area contributed by atoms with Gasteiger partial charge in [0.25, 0.3) is 0 Å². The molecule has 24 heavy (non-hydrogen) atoms. The molecule has 0 bridgehead atoms. The van der Waals surface area contributed by atoms with Crippen molar-refractivity contribution in [2.24, 2.45) is 5.41 Å². The van der Waals surface area contributed by atoms with Gasteiger partial charge in [-0.25, -0.2) is 5.01 Å². The summed E-state index contributed by atoms with van der Waals surface area (Å²) in [7, 11) is 0. The Labute approximate surface area is 145 Å². The molecular formula is C17H22ClF3N2O. The Morgan fingerprint density at radius 3 is 2.50 bits per heavy atom. The molecular weight excluding hydrogens is 341 g/mol. The average Bonchev–Trinajstić information content (AvgIpc) is 2.72. The van der Waals surface area contributed by atoms with E-state index in [1.165, 1.54) is 0 Å². The molecule has 0 aliphatic carbocycles. The number of nitrogens with one attached hydrogen (secondary N) is 1. The lowest BCUT2D eigenvalue weighted by Crippen LogP contribution is -2.49. The first kappa shape index (κ1) is 19.1. The number of unbranched alkanes of at least 4 members (excludes halogenated alkanes) is 1. The van der Waals surface area contributed by atoms with Crippen molar-refractivity contribution in [1.29, 1.82) is 0 Å². The number of benzene rings is 1. The zero-order chi connectivity index (χ0) is 18.0. The Hall–Kier alpha value is -1.27. The molecule has 2 rings (SSSR count). The van der Waals surface area contributed by atoms with Gasteiger partial charge in [0.05, 0.1) is 5.41 Å². The highest BCUT2D eigenvalue weighted by molar-refractivity contribution is 6.31.